The van der Waals surface area contributed by atoms with E-state index in [9.17, 15) is 9.59 Å². The minimum absolute atomic E-state index is 0.0914. The molecule has 2 heterocycles. The number of carbonyl (C=O) groups excluding carboxylic acids is 2. The molecule has 2 amide bonds. The fraction of sp³-hybridized carbons (Fsp3) is 0.143. The van der Waals surface area contributed by atoms with Crippen LogP contribution in [0.2, 0.25) is 0 Å². The molecule has 0 aromatic carbocycles. The molecule has 2 aliphatic heterocycles. The third-order valence-electron chi connectivity index (χ3n) is 1.50. The van der Waals surface area contributed by atoms with Gasteiger partial charge in [-0.2, -0.15) is 0 Å². The first kappa shape index (κ1) is 6.90. The molecule has 0 aromatic heterocycles. The van der Waals surface area contributed by atoms with Crippen LogP contribution in [0, 0.1) is 0 Å². The van der Waals surface area contributed by atoms with Crippen molar-refractivity contribution in [1.29, 1.82) is 0 Å². The highest BCUT2D eigenvalue weighted by Gasteiger charge is 2.27. The summed E-state index contributed by atoms with van der Waals surface area (Å²) in [6, 6.07) is 0. The van der Waals surface area contributed by atoms with E-state index in [0.717, 1.165) is 0 Å². The molecular formula is C7H5NO4. The Labute approximate surface area is 67.6 Å². The first-order valence-corrected chi connectivity index (χ1v) is 3.29. The lowest BCUT2D eigenvalue weighted by Crippen LogP contribution is -2.22. The number of nitrogens with one attached hydrogen (secondary N) is 1. The number of ether oxygens (including phenoxy) is 2. The van der Waals surface area contributed by atoms with Crippen molar-refractivity contribution in [2.24, 2.45) is 0 Å². The Bertz CT molecular complexity index is 315. The SMILES string of the molecule is O=C1C=C(C2=COCO2)C(=O)N1. The van der Waals surface area contributed by atoms with Gasteiger partial charge in [0.05, 0.1) is 5.57 Å². The molecule has 0 aliphatic carbocycles. The molecule has 0 radical (unpaired) electrons. The van der Waals surface area contributed by atoms with Gasteiger partial charge in [-0.05, 0) is 0 Å². The lowest BCUT2D eigenvalue weighted by molar-refractivity contribution is -0.123. The molecule has 5 nitrogen and oxygen atoms in total. The van der Waals surface area contributed by atoms with Crippen LogP contribution in [0.15, 0.2) is 23.7 Å². The van der Waals surface area contributed by atoms with Crippen LogP contribution in [0.25, 0.3) is 0 Å². The van der Waals surface area contributed by atoms with Gasteiger partial charge in [-0.15, -0.1) is 0 Å². The van der Waals surface area contributed by atoms with Gasteiger partial charge in [0, 0.05) is 6.08 Å². The standard InChI is InChI=1S/C7H5NO4/c9-6-1-4(7(10)8-6)5-2-11-3-12-5/h1-2H,3H2,(H,8,9,10). The topological polar surface area (TPSA) is 64.6 Å². The summed E-state index contributed by atoms with van der Waals surface area (Å²) in [5.74, 6) is -0.568. The molecular weight excluding hydrogens is 162 g/mol. The number of hydrogen-bond acceptors (Lipinski definition) is 4. The van der Waals surface area contributed by atoms with Crippen molar-refractivity contribution in [3.63, 3.8) is 0 Å². The number of rotatable bonds is 1. The molecule has 0 unspecified atom stereocenters. The minimum Gasteiger partial charge on any atom is -0.461 e. The van der Waals surface area contributed by atoms with E-state index in [2.05, 4.69) is 5.32 Å². The summed E-state index contributed by atoms with van der Waals surface area (Å²) >= 11 is 0. The second-order valence-electron chi connectivity index (χ2n) is 2.29. The van der Waals surface area contributed by atoms with E-state index >= 15 is 0 Å². The third-order valence-corrected chi connectivity index (χ3v) is 1.50. The van der Waals surface area contributed by atoms with Gasteiger partial charge in [0.25, 0.3) is 11.8 Å². The molecule has 62 valence electrons. The van der Waals surface area contributed by atoms with E-state index in [4.69, 9.17) is 9.47 Å². The van der Waals surface area contributed by atoms with E-state index in [1.807, 2.05) is 0 Å². The molecule has 0 bridgehead atoms. The maximum absolute atomic E-state index is 11.0. The summed E-state index contributed by atoms with van der Waals surface area (Å²) in [6.45, 7) is 0.0914. The first-order chi connectivity index (χ1) is 5.77. The molecule has 0 fully saturated rings. The first-order valence-electron chi connectivity index (χ1n) is 3.29. The van der Waals surface area contributed by atoms with Crippen LogP contribution < -0.4 is 5.32 Å². The second-order valence-corrected chi connectivity index (χ2v) is 2.29. The summed E-state index contributed by atoms with van der Waals surface area (Å²) < 4.78 is 9.65. The smallest absolute Gasteiger partial charge is 0.262 e. The predicted molar refractivity (Wildman–Crippen MR) is 36.4 cm³/mol. The zero-order valence-corrected chi connectivity index (χ0v) is 5.99. The quantitative estimate of drug-likeness (QED) is 0.530. The third kappa shape index (κ3) is 0.952. The molecule has 0 atom stereocenters. The number of amides is 2. The van der Waals surface area contributed by atoms with Crippen molar-refractivity contribution in [3.8, 4) is 0 Å². The van der Waals surface area contributed by atoms with E-state index in [0.29, 0.717) is 5.76 Å². The van der Waals surface area contributed by atoms with Crippen molar-refractivity contribution in [1.82, 2.24) is 5.32 Å². The molecule has 0 saturated carbocycles. The van der Waals surface area contributed by atoms with Crippen molar-refractivity contribution in [2.75, 3.05) is 6.79 Å². The van der Waals surface area contributed by atoms with E-state index < -0.39 is 11.8 Å². The Balaban J connectivity index is 2.28. The minimum atomic E-state index is -0.447. The summed E-state index contributed by atoms with van der Waals surface area (Å²) in [5, 5.41) is 2.10. The predicted octanol–water partition coefficient (Wildman–Crippen LogP) is -0.585. The fourth-order valence-corrected chi connectivity index (χ4v) is 0.977. The van der Waals surface area contributed by atoms with Gasteiger partial charge in [0.1, 0.15) is 6.26 Å². The Morgan fingerprint density at radius 1 is 1.42 bits per heavy atom. The zero-order chi connectivity index (χ0) is 8.55. The van der Waals surface area contributed by atoms with Gasteiger partial charge in [0.2, 0.25) is 6.79 Å². The van der Waals surface area contributed by atoms with Crippen LogP contribution in [-0.2, 0) is 19.1 Å². The monoisotopic (exact) mass is 167 g/mol. The van der Waals surface area contributed by atoms with Gasteiger partial charge in [-0.25, -0.2) is 0 Å². The average Bonchev–Trinajstić information content (AvgIpc) is 2.58. The van der Waals surface area contributed by atoms with Crippen LogP contribution >= 0.6 is 0 Å². The summed E-state index contributed by atoms with van der Waals surface area (Å²) in [6.07, 6.45) is 2.49. The Morgan fingerprint density at radius 2 is 2.25 bits per heavy atom. The lowest BCUT2D eigenvalue weighted by Gasteiger charge is -1.97. The zero-order valence-electron chi connectivity index (χ0n) is 5.99. The largest absolute Gasteiger partial charge is 0.461 e. The molecule has 12 heavy (non-hydrogen) atoms. The van der Waals surface area contributed by atoms with Gasteiger partial charge in [-0.1, -0.05) is 0 Å². The second kappa shape index (κ2) is 2.37. The summed E-state index contributed by atoms with van der Waals surface area (Å²) in [4.78, 5) is 21.7. The van der Waals surface area contributed by atoms with Crippen LogP contribution in [0.4, 0.5) is 0 Å². The Morgan fingerprint density at radius 3 is 2.75 bits per heavy atom. The van der Waals surface area contributed by atoms with Gasteiger partial charge in [-0.3, -0.25) is 14.9 Å². The van der Waals surface area contributed by atoms with E-state index in [1.54, 1.807) is 0 Å². The maximum Gasteiger partial charge on any atom is 0.262 e. The van der Waals surface area contributed by atoms with Gasteiger partial charge < -0.3 is 9.47 Å². The fourth-order valence-electron chi connectivity index (χ4n) is 0.977. The molecule has 5 heteroatoms. The molecule has 0 saturated heterocycles. The van der Waals surface area contributed by atoms with Crippen molar-refractivity contribution >= 4 is 11.8 Å². The number of hydrogen-bond donors (Lipinski definition) is 1. The maximum atomic E-state index is 11.0. The highest BCUT2D eigenvalue weighted by atomic mass is 16.7. The summed E-state index contributed by atoms with van der Waals surface area (Å²) in [7, 11) is 0. The number of imide groups is 1. The molecule has 1 N–H and O–H groups in total. The molecule has 2 aliphatic rings. The molecule has 0 aromatic rings. The van der Waals surface area contributed by atoms with Crippen LogP contribution in [0.5, 0.6) is 0 Å². The van der Waals surface area contributed by atoms with Crippen LogP contribution in [-0.4, -0.2) is 18.6 Å². The average molecular weight is 167 g/mol. The van der Waals surface area contributed by atoms with E-state index in [-0.39, 0.29) is 12.4 Å². The molecule has 2 rings (SSSR count). The van der Waals surface area contributed by atoms with Crippen LogP contribution in [0.3, 0.4) is 0 Å². The Hall–Kier alpha value is -1.78. The Kier molecular flexibility index (Phi) is 1.36. The normalized spacial score (nSPS) is 21.0. The van der Waals surface area contributed by atoms with Crippen molar-refractivity contribution in [2.45, 2.75) is 0 Å². The van der Waals surface area contributed by atoms with Crippen molar-refractivity contribution < 1.29 is 19.1 Å². The van der Waals surface area contributed by atoms with E-state index in [1.165, 1.54) is 12.3 Å². The van der Waals surface area contributed by atoms with Gasteiger partial charge in [0.15, 0.2) is 5.76 Å². The highest BCUT2D eigenvalue weighted by molar-refractivity contribution is 6.18. The van der Waals surface area contributed by atoms with Crippen molar-refractivity contribution in [3.05, 3.63) is 23.7 Å². The summed E-state index contributed by atoms with van der Waals surface area (Å²) in [5.41, 5.74) is 0.220. The lowest BCUT2D eigenvalue weighted by atomic mass is 10.2. The van der Waals surface area contributed by atoms with Crippen LogP contribution in [0.1, 0.15) is 0 Å². The van der Waals surface area contributed by atoms with Gasteiger partial charge >= 0.3 is 0 Å². The number of carbonyl (C=O) groups is 2. The molecule has 0 spiro atoms. The highest BCUT2D eigenvalue weighted by Crippen LogP contribution is 2.19.